The maximum atomic E-state index is 12.6. The van der Waals surface area contributed by atoms with Crippen LogP contribution < -0.4 is 16.0 Å². The summed E-state index contributed by atoms with van der Waals surface area (Å²) in [5, 5.41) is 9.21. The zero-order valence-electron chi connectivity index (χ0n) is 15.5. The number of rotatable bonds is 5. The van der Waals surface area contributed by atoms with Crippen LogP contribution in [0.1, 0.15) is 39.1 Å². The van der Waals surface area contributed by atoms with Gasteiger partial charge in [-0.25, -0.2) is 0 Å². The van der Waals surface area contributed by atoms with E-state index in [1.807, 2.05) is 31.2 Å². The molecule has 5 nitrogen and oxygen atoms in total. The summed E-state index contributed by atoms with van der Waals surface area (Å²) in [7, 11) is 0. The predicted octanol–water partition coefficient (Wildman–Crippen LogP) is 3.40. The summed E-state index contributed by atoms with van der Waals surface area (Å²) in [6.45, 7) is 4.58. The summed E-state index contributed by atoms with van der Waals surface area (Å²) in [4.78, 5) is 25.1. The first-order valence-electron chi connectivity index (χ1n) is 9.09. The molecule has 1 atom stereocenters. The van der Waals surface area contributed by atoms with E-state index in [9.17, 15) is 9.59 Å². The van der Waals surface area contributed by atoms with Crippen molar-refractivity contribution in [3.8, 4) is 0 Å². The first-order chi connectivity index (χ1) is 12.6. The molecule has 0 aliphatic carbocycles. The minimum Gasteiger partial charge on any atom is -0.352 e. The highest BCUT2D eigenvalue weighted by atomic mass is 35.5. The van der Waals surface area contributed by atoms with E-state index in [-0.39, 0.29) is 24.2 Å². The van der Waals surface area contributed by atoms with Gasteiger partial charge in [0.15, 0.2) is 0 Å². The molecule has 2 amide bonds. The molecule has 1 aliphatic rings. The molecule has 1 aliphatic heterocycles. The van der Waals surface area contributed by atoms with Crippen LogP contribution in [-0.2, 0) is 0 Å². The summed E-state index contributed by atoms with van der Waals surface area (Å²) in [6, 6.07) is 14.5. The number of benzene rings is 2. The van der Waals surface area contributed by atoms with Crippen LogP contribution in [-0.4, -0.2) is 31.4 Å². The Bertz CT molecular complexity index is 789. The molecule has 0 spiro atoms. The summed E-state index contributed by atoms with van der Waals surface area (Å²) in [6.07, 6.45) is 2.27. The first kappa shape index (κ1) is 20.9. The number of hydrogen-bond acceptors (Lipinski definition) is 3. The van der Waals surface area contributed by atoms with Crippen LogP contribution in [0.2, 0.25) is 0 Å². The third kappa shape index (κ3) is 5.81. The number of amides is 2. The molecule has 2 aromatic carbocycles. The third-order valence-corrected chi connectivity index (χ3v) is 4.65. The van der Waals surface area contributed by atoms with Gasteiger partial charge in [-0.3, -0.25) is 9.59 Å². The van der Waals surface area contributed by atoms with Crippen molar-refractivity contribution in [2.24, 2.45) is 5.92 Å². The Morgan fingerprint density at radius 1 is 1.11 bits per heavy atom. The van der Waals surface area contributed by atoms with E-state index in [0.29, 0.717) is 29.3 Å². The van der Waals surface area contributed by atoms with Gasteiger partial charge >= 0.3 is 0 Å². The Hall–Kier alpha value is -2.37. The van der Waals surface area contributed by atoms with Gasteiger partial charge in [0.05, 0.1) is 11.3 Å². The average molecular weight is 388 g/mol. The second-order valence-corrected chi connectivity index (χ2v) is 6.79. The molecule has 1 fully saturated rings. The largest absolute Gasteiger partial charge is 0.352 e. The van der Waals surface area contributed by atoms with E-state index in [4.69, 9.17) is 0 Å². The molecule has 0 aromatic heterocycles. The molecule has 3 N–H and O–H groups in total. The van der Waals surface area contributed by atoms with Gasteiger partial charge in [0.2, 0.25) is 0 Å². The van der Waals surface area contributed by atoms with Crippen molar-refractivity contribution >= 4 is 29.9 Å². The number of piperidine rings is 1. The lowest BCUT2D eigenvalue weighted by Crippen LogP contribution is -2.38. The Labute approximate surface area is 166 Å². The molecule has 1 saturated heterocycles. The van der Waals surface area contributed by atoms with E-state index >= 15 is 0 Å². The molecule has 0 saturated carbocycles. The number of aryl methyl sites for hydroxylation is 1. The zero-order valence-corrected chi connectivity index (χ0v) is 16.3. The predicted molar refractivity (Wildman–Crippen MR) is 111 cm³/mol. The van der Waals surface area contributed by atoms with E-state index < -0.39 is 0 Å². The van der Waals surface area contributed by atoms with Crippen LogP contribution in [0.4, 0.5) is 5.69 Å². The molecule has 0 radical (unpaired) electrons. The van der Waals surface area contributed by atoms with Crippen molar-refractivity contribution in [2.45, 2.75) is 19.8 Å². The number of carbonyl (C=O) groups excluding carboxylic acids is 2. The van der Waals surface area contributed by atoms with Gasteiger partial charge in [0.1, 0.15) is 0 Å². The topological polar surface area (TPSA) is 70.2 Å². The van der Waals surface area contributed by atoms with Gasteiger partial charge in [-0.1, -0.05) is 29.8 Å². The summed E-state index contributed by atoms with van der Waals surface area (Å²) < 4.78 is 0. The van der Waals surface area contributed by atoms with Crippen LogP contribution in [0.3, 0.4) is 0 Å². The van der Waals surface area contributed by atoms with Gasteiger partial charge < -0.3 is 16.0 Å². The lowest BCUT2D eigenvalue weighted by Gasteiger charge is -2.23. The Morgan fingerprint density at radius 3 is 2.67 bits per heavy atom. The molecule has 2 aromatic rings. The molecular formula is C21H26ClN3O2. The molecular weight excluding hydrogens is 362 g/mol. The standard InChI is InChI=1S/C21H25N3O2.ClH/c1-15-6-4-8-17(12-15)20(25)24-19-10-3-2-9-18(19)21(26)23-14-16-7-5-11-22-13-16;/h2-4,6,8-10,12,16,22H,5,7,11,13-14H2,1H3,(H,23,26)(H,24,25);1H. The van der Waals surface area contributed by atoms with E-state index in [1.54, 1.807) is 24.3 Å². The van der Waals surface area contributed by atoms with E-state index in [0.717, 1.165) is 31.5 Å². The third-order valence-electron chi connectivity index (χ3n) is 4.65. The monoisotopic (exact) mass is 387 g/mol. The SMILES string of the molecule is Cc1cccc(C(=O)Nc2ccccc2C(=O)NCC2CCCNC2)c1.Cl. The fourth-order valence-electron chi connectivity index (χ4n) is 3.20. The molecule has 27 heavy (non-hydrogen) atoms. The maximum absolute atomic E-state index is 12.6. The number of halogens is 1. The Balaban J connectivity index is 0.00000261. The van der Waals surface area contributed by atoms with Crippen LogP contribution in [0.5, 0.6) is 0 Å². The maximum Gasteiger partial charge on any atom is 0.255 e. The first-order valence-corrected chi connectivity index (χ1v) is 9.09. The molecule has 3 rings (SSSR count). The van der Waals surface area contributed by atoms with Crippen LogP contribution in [0.25, 0.3) is 0 Å². The van der Waals surface area contributed by atoms with Crippen molar-refractivity contribution < 1.29 is 9.59 Å². The number of nitrogens with one attached hydrogen (secondary N) is 3. The average Bonchev–Trinajstić information content (AvgIpc) is 2.67. The van der Waals surface area contributed by atoms with Crippen molar-refractivity contribution in [1.29, 1.82) is 0 Å². The molecule has 144 valence electrons. The fraction of sp³-hybridized carbons (Fsp3) is 0.333. The minimum atomic E-state index is -0.217. The van der Waals surface area contributed by atoms with Gasteiger partial charge in [-0.2, -0.15) is 0 Å². The highest BCUT2D eigenvalue weighted by Gasteiger charge is 2.17. The highest BCUT2D eigenvalue weighted by molar-refractivity contribution is 6.09. The highest BCUT2D eigenvalue weighted by Crippen LogP contribution is 2.17. The Kier molecular flexibility index (Phi) is 7.82. The van der Waals surface area contributed by atoms with Gasteiger partial charge in [-0.15, -0.1) is 12.4 Å². The zero-order chi connectivity index (χ0) is 18.4. The van der Waals surface area contributed by atoms with Crippen LogP contribution in [0.15, 0.2) is 48.5 Å². The van der Waals surface area contributed by atoms with Crippen molar-refractivity contribution in [3.05, 3.63) is 65.2 Å². The number of anilines is 1. The number of carbonyl (C=O) groups is 2. The lowest BCUT2D eigenvalue weighted by atomic mass is 9.99. The van der Waals surface area contributed by atoms with Crippen LogP contribution >= 0.6 is 12.4 Å². The quantitative estimate of drug-likeness (QED) is 0.736. The molecule has 6 heteroatoms. The summed E-state index contributed by atoms with van der Waals surface area (Å²) >= 11 is 0. The summed E-state index contributed by atoms with van der Waals surface area (Å²) in [5.74, 6) is 0.0860. The smallest absolute Gasteiger partial charge is 0.255 e. The number of hydrogen-bond donors (Lipinski definition) is 3. The second-order valence-electron chi connectivity index (χ2n) is 6.79. The molecule has 1 unspecified atom stereocenters. The van der Waals surface area contributed by atoms with Crippen molar-refractivity contribution in [2.75, 3.05) is 25.0 Å². The van der Waals surface area contributed by atoms with Crippen molar-refractivity contribution in [1.82, 2.24) is 10.6 Å². The number of para-hydroxylation sites is 1. The van der Waals surface area contributed by atoms with Gasteiger partial charge in [-0.05, 0) is 63.0 Å². The van der Waals surface area contributed by atoms with E-state index in [2.05, 4.69) is 16.0 Å². The van der Waals surface area contributed by atoms with Crippen LogP contribution in [0, 0.1) is 12.8 Å². The van der Waals surface area contributed by atoms with Gasteiger partial charge in [0, 0.05) is 12.1 Å². The Morgan fingerprint density at radius 2 is 1.93 bits per heavy atom. The fourth-order valence-corrected chi connectivity index (χ4v) is 3.20. The second kappa shape index (κ2) is 10.1. The summed E-state index contributed by atoms with van der Waals surface area (Å²) in [5.41, 5.74) is 2.61. The van der Waals surface area contributed by atoms with E-state index in [1.165, 1.54) is 0 Å². The molecule has 0 bridgehead atoms. The minimum absolute atomic E-state index is 0. The van der Waals surface area contributed by atoms with Gasteiger partial charge in [0.25, 0.3) is 11.8 Å². The molecule has 1 heterocycles. The van der Waals surface area contributed by atoms with Crippen molar-refractivity contribution in [3.63, 3.8) is 0 Å². The normalized spacial score (nSPS) is 16.1. The lowest BCUT2D eigenvalue weighted by molar-refractivity contribution is 0.0945.